The molecule has 12 heteroatoms. The lowest BCUT2D eigenvalue weighted by Crippen LogP contribution is -2.52. The fraction of sp³-hybridized carbons (Fsp3) is 0.425. The van der Waals surface area contributed by atoms with Crippen LogP contribution in [0.1, 0.15) is 68.4 Å². The number of nitrogens with one attached hydrogen (secondary N) is 3. The molecule has 3 aliphatic heterocycles. The molecule has 7 rings (SSSR count). The van der Waals surface area contributed by atoms with Gasteiger partial charge in [-0.25, -0.2) is 9.59 Å². The maximum Gasteiger partial charge on any atom is 0.408 e. The van der Waals surface area contributed by atoms with E-state index in [9.17, 15) is 24.6 Å². The molecule has 1 aromatic heterocycles. The second-order valence-electron chi connectivity index (χ2n) is 14.1. The predicted molar refractivity (Wildman–Crippen MR) is 196 cm³/mol. The number of carbonyl (C=O) groups excluding carboxylic acids is 2. The minimum Gasteiger partial charge on any atom is -0.506 e. The number of aromatic hydroxyl groups is 1. The van der Waals surface area contributed by atoms with E-state index in [1.807, 2.05) is 48.5 Å². The largest absolute Gasteiger partial charge is 0.506 e. The van der Waals surface area contributed by atoms with Crippen molar-refractivity contribution in [1.82, 2.24) is 20.5 Å². The number of phenolic OH excluding ortho intramolecular Hbond substituents is 1. The van der Waals surface area contributed by atoms with Gasteiger partial charge in [0.25, 0.3) is 0 Å². The van der Waals surface area contributed by atoms with E-state index in [2.05, 4.69) is 20.5 Å². The van der Waals surface area contributed by atoms with E-state index in [1.165, 1.54) is 12.1 Å². The van der Waals surface area contributed by atoms with Crippen LogP contribution in [-0.4, -0.2) is 83.2 Å². The van der Waals surface area contributed by atoms with Gasteiger partial charge in [-0.2, -0.15) is 0 Å². The molecule has 2 bridgehead atoms. The molecule has 3 aromatic carbocycles. The summed E-state index contributed by atoms with van der Waals surface area (Å²) in [5.74, 6) is 0.298. The van der Waals surface area contributed by atoms with Gasteiger partial charge in [0.15, 0.2) is 5.60 Å². The Bertz CT molecular complexity index is 1890. The Kier molecular flexibility index (Phi) is 11.8. The van der Waals surface area contributed by atoms with Gasteiger partial charge in [-0.05, 0) is 106 Å². The van der Waals surface area contributed by atoms with Gasteiger partial charge >= 0.3 is 12.1 Å². The van der Waals surface area contributed by atoms with Crippen LogP contribution in [0.25, 0.3) is 10.9 Å². The van der Waals surface area contributed by atoms with Crippen molar-refractivity contribution >= 4 is 23.0 Å². The van der Waals surface area contributed by atoms with Crippen molar-refractivity contribution in [3.05, 3.63) is 106 Å². The van der Waals surface area contributed by atoms with Crippen LogP contribution in [0, 0.1) is 5.92 Å². The average Bonchev–Trinajstić information content (AvgIpc) is 3.14. The lowest BCUT2D eigenvalue weighted by molar-refractivity contribution is -0.159. The number of rotatable bonds is 15. The summed E-state index contributed by atoms with van der Waals surface area (Å²) >= 11 is 0. The van der Waals surface area contributed by atoms with Crippen molar-refractivity contribution in [2.24, 2.45) is 5.92 Å². The minimum atomic E-state index is -1.28. The summed E-state index contributed by atoms with van der Waals surface area (Å²) in [6.07, 6.45) is 1.97. The summed E-state index contributed by atoms with van der Waals surface area (Å²) in [6, 6.07) is 22.5. The number of phenols is 1. The molecule has 3 atom stereocenters. The number of benzene rings is 3. The predicted octanol–water partition coefficient (Wildman–Crippen LogP) is 4.95. The third-order valence-electron chi connectivity index (χ3n) is 9.89. The first-order chi connectivity index (χ1) is 25.1. The number of fused-ring (bicyclic) bond motifs is 4. The lowest BCUT2D eigenvalue weighted by Gasteiger charge is -2.43. The Morgan fingerprint density at radius 3 is 2.50 bits per heavy atom. The zero-order chi connectivity index (χ0) is 36.7. The van der Waals surface area contributed by atoms with Gasteiger partial charge < -0.3 is 40.0 Å². The first-order valence-corrected chi connectivity index (χ1v) is 18.0. The molecule has 3 saturated heterocycles. The number of nitrogens with zero attached hydrogens (tertiary/aromatic N) is 1. The summed E-state index contributed by atoms with van der Waals surface area (Å²) in [6.45, 7) is 7.26. The summed E-state index contributed by atoms with van der Waals surface area (Å²) in [5.41, 5.74) is 0.937. The number of aromatic amines is 1. The molecule has 0 aliphatic carbocycles. The van der Waals surface area contributed by atoms with E-state index in [4.69, 9.17) is 14.2 Å². The molecular formula is C40H48N4O8. The Morgan fingerprint density at radius 1 is 0.981 bits per heavy atom. The number of aromatic nitrogens is 1. The van der Waals surface area contributed by atoms with Crippen LogP contribution in [0.2, 0.25) is 0 Å². The number of hydrogen-bond acceptors (Lipinski definition) is 10. The van der Waals surface area contributed by atoms with Crippen LogP contribution >= 0.6 is 0 Å². The average molecular weight is 713 g/mol. The van der Waals surface area contributed by atoms with Crippen LogP contribution in [-0.2, 0) is 14.3 Å². The Balaban J connectivity index is 0.972. The monoisotopic (exact) mass is 712 g/mol. The molecular weight excluding hydrogens is 664 g/mol. The highest BCUT2D eigenvalue weighted by Crippen LogP contribution is 2.32. The second kappa shape index (κ2) is 16.6. The highest BCUT2D eigenvalue weighted by Gasteiger charge is 2.37. The van der Waals surface area contributed by atoms with Crippen LogP contribution in [0.15, 0.2) is 83.7 Å². The first kappa shape index (κ1) is 36.9. The molecule has 4 heterocycles. The quantitative estimate of drug-likeness (QED) is 0.0843. The molecule has 5 N–H and O–H groups in total. The number of unbranched alkanes of at least 4 members (excludes halogenated alkanes) is 1. The van der Waals surface area contributed by atoms with Gasteiger partial charge in [-0.3, -0.25) is 9.69 Å². The Morgan fingerprint density at radius 2 is 1.75 bits per heavy atom. The molecule has 1 amide bonds. The van der Waals surface area contributed by atoms with Crippen LogP contribution in [0.3, 0.4) is 0 Å². The Hall–Kier alpha value is -4.91. The van der Waals surface area contributed by atoms with Crippen LogP contribution in [0.4, 0.5) is 4.79 Å². The second-order valence-corrected chi connectivity index (χ2v) is 14.1. The normalized spacial score (nSPS) is 19.5. The third kappa shape index (κ3) is 9.11. The highest BCUT2D eigenvalue weighted by molar-refractivity contribution is 5.87. The molecule has 12 nitrogen and oxygen atoms in total. The van der Waals surface area contributed by atoms with Crippen LogP contribution < -0.4 is 20.9 Å². The lowest BCUT2D eigenvalue weighted by atomic mass is 9.86. The van der Waals surface area contributed by atoms with Gasteiger partial charge in [0, 0.05) is 24.5 Å². The number of piperidine rings is 3. The molecule has 3 fully saturated rings. The van der Waals surface area contributed by atoms with Crippen molar-refractivity contribution in [3.63, 3.8) is 0 Å². The van der Waals surface area contributed by atoms with Crippen molar-refractivity contribution in [2.45, 2.75) is 63.4 Å². The van der Waals surface area contributed by atoms with E-state index >= 15 is 0 Å². The summed E-state index contributed by atoms with van der Waals surface area (Å²) in [4.78, 5) is 42.9. The number of aliphatic hydroxyl groups is 1. The Labute approximate surface area is 303 Å². The standard InChI is InChI=1S/C40H48N4O8/c1-40(2,38(48)50-22-7-6-19-41-24-33(46)30-13-15-32(45)37-31(30)14-16-35(47)42-37)52-29-12-8-11-28(23-29)36(27-9-4-3-5-10-27)43-39(49)51-34-25-44-20-17-26(34)18-21-44/h3-5,8-16,23,26,33-34,36,41,45-46H,6-7,17-22,24-25H2,1-2H3,(H,42,47)(H,43,49). The number of pyridine rings is 1. The highest BCUT2D eigenvalue weighted by atomic mass is 16.6. The zero-order valence-corrected chi connectivity index (χ0v) is 29.7. The SMILES string of the molecule is CC(C)(Oc1cccc(C(NC(=O)OC2CN3CCC2CC3)c2ccccc2)c1)C(=O)OCCCCNCC(O)c1ccc(O)c2[nH]c(=O)ccc12. The van der Waals surface area contributed by atoms with Gasteiger partial charge in [0.05, 0.1) is 24.3 Å². The number of ether oxygens (including phenoxy) is 3. The number of esters is 1. The number of carbonyl (C=O) groups is 2. The van der Waals surface area contributed by atoms with Gasteiger partial charge in [-0.15, -0.1) is 0 Å². The van der Waals surface area contributed by atoms with Crippen molar-refractivity contribution in [3.8, 4) is 11.5 Å². The fourth-order valence-corrected chi connectivity index (χ4v) is 7.02. The van der Waals surface area contributed by atoms with Crippen molar-refractivity contribution < 1.29 is 34.0 Å². The summed E-state index contributed by atoms with van der Waals surface area (Å²) in [7, 11) is 0. The van der Waals surface area contributed by atoms with Gasteiger partial charge in [0.1, 0.15) is 17.6 Å². The fourth-order valence-electron chi connectivity index (χ4n) is 7.02. The summed E-state index contributed by atoms with van der Waals surface area (Å²) < 4.78 is 17.7. The minimum absolute atomic E-state index is 0.0595. The smallest absolute Gasteiger partial charge is 0.408 e. The summed E-state index contributed by atoms with van der Waals surface area (Å²) in [5, 5.41) is 27.7. The number of hydrogen-bond donors (Lipinski definition) is 5. The molecule has 276 valence electrons. The van der Waals surface area contributed by atoms with Gasteiger partial charge in [-0.1, -0.05) is 48.5 Å². The number of H-pyrrole nitrogens is 1. The van der Waals surface area contributed by atoms with Crippen molar-refractivity contribution in [2.75, 3.05) is 39.3 Å². The molecule has 0 spiro atoms. The van der Waals surface area contributed by atoms with Gasteiger partial charge in [0.2, 0.25) is 5.56 Å². The van der Waals surface area contributed by atoms with E-state index in [-0.39, 0.29) is 36.1 Å². The zero-order valence-electron chi connectivity index (χ0n) is 29.7. The topological polar surface area (TPSA) is 162 Å². The number of amides is 1. The van der Waals surface area contributed by atoms with E-state index in [1.54, 1.807) is 32.0 Å². The first-order valence-electron chi connectivity index (χ1n) is 18.0. The third-order valence-corrected chi connectivity index (χ3v) is 9.89. The molecule has 4 aromatic rings. The van der Waals surface area contributed by atoms with E-state index in [0.29, 0.717) is 42.0 Å². The van der Waals surface area contributed by atoms with Crippen molar-refractivity contribution in [1.29, 1.82) is 0 Å². The van der Waals surface area contributed by atoms with E-state index < -0.39 is 29.8 Å². The molecule has 0 saturated carbocycles. The maximum absolute atomic E-state index is 13.2. The van der Waals surface area contributed by atoms with E-state index in [0.717, 1.165) is 43.6 Å². The molecule has 3 aliphatic rings. The molecule has 3 unspecified atom stereocenters. The molecule has 52 heavy (non-hydrogen) atoms. The number of aliphatic hydroxyl groups excluding tert-OH is 1. The maximum atomic E-state index is 13.2. The number of alkyl carbamates (subject to hydrolysis) is 1. The molecule has 0 radical (unpaired) electrons. The van der Waals surface area contributed by atoms with Crippen LogP contribution in [0.5, 0.6) is 11.5 Å².